The molecule has 1 rings (SSSR count). The molecule has 0 aliphatic heterocycles. The second kappa shape index (κ2) is 5.34. The van der Waals surface area contributed by atoms with Crippen molar-refractivity contribution in [3.8, 4) is 0 Å². The zero-order valence-electron chi connectivity index (χ0n) is 10.6. The summed E-state index contributed by atoms with van der Waals surface area (Å²) in [4.78, 5) is 0. The minimum absolute atomic E-state index is 0.469. The van der Waals surface area contributed by atoms with Crippen LogP contribution in [0.1, 0.15) is 58.4 Å². The summed E-state index contributed by atoms with van der Waals surface area (Å²) in [6.07, 6.45) is 3.80. The molecule has 0 heteroatoms. The van der Waals surface area contributed by atoms with Gasteiger partial charge in [-0.2, -0.15) is 0 Å². The van der Waals surface area contributed by atoms with Crippen molar-refractivity contribution in [2.24, 2.45) is 5.41 Å². The maximum Gasteiger partial charge on any atom is -0.0160 e. The van der Waals surface area contributed by atoms with E-state index in [1.807, 2.05) is 0 Å². The highest BCUT2D eigenvalue weighted by molar-refractivity contribution is 5.19. The first kappa shape index (κ1) is 12.3. The number of benzene rings is 1. The van der Waals surface area contributed by atoms with Gasteiger partial charge in [0.15, 0.2) is 0 Å². The quantitative estimate of drug-likeness (QED) is 0.632. The van der Waals surface area contributed by atoms with Crippen molar-refractivity contribution >= 4 is 0 Å². The highest BCUT2D eigenvalue weighted by Gasteiger charge is 2.21. The summed E-state index contributed by atoms with van der Waals surface area (Å²) in [7, 11) is 0. The van der Waals surface area contributed by atoms with Gasteiger partial charge in [0.25, 0.3) is 0 Å². The first-order chi connectivity index (χ1) is 7.09. The van der Waals surface area contributed by atoms with Crippen LogP contribution in [0.2, 0.25) is 0 Å². The molecule has 0 aliphatic rings. The zero-order chi connectivity index (χ0) is 11.3. The van der Waals surface area contributed by atoms with Crippen LogP contribution in [0.25, 0.3) is 0 Å². The standard InChI is InChI=1S/C15H24/c1-5-13(12-15(3,4)6-2)14-10-8-7-9-11-14/h7-11,13H,5-6,12H2,1-4H3. The number of hydrogen-bond acceptors (Lipinski definition) is 0. The SMILES string of the molecule is CCC(CC(C)(C)CC)c1ccccc1. The molecule has 84 valence electrons. The van der Waals surface area contributed by atoms with Crippen LogP contribution in [0.3, 0.4) is 0 Å². The second-order valence-electron chi connectivity index (χ2n) is 5.24. The molecule has 1 aromatic carbocycles. The lowest BCUT2D eigenvalue weighted by Gasteiger charge is -2.28. The van der Waals surface area contributed by atoms with Crippen LogP contribution < -0.4 is 0 Å². The summed E-state index contributed by atoms with van der Waals surface area (Å²) in [5.41, 5.74) is 1.97. The van der Waals surface area contributed by atoms with Gasteiger partial charge >= 0.3 is 0 Å². The maximum absolute atomic E-state index is 2.37. The van der Waals surface area contributed by atoms with E-state index in [2.05, 4.69) is 58.0 Å². The van der Waals surface area contributed by atoms with Gasteiger partial charge < -0.3 is 0 Å². The zero-order valence-corrected chi connectivity index (χ0v) is 10.6. The van der Waals surface area contributed by atoms with E-state index in [0.717, 1.165) is 5.92 Å². The lowest BCUT2D eigenvalue weighted by atomic mass is 9.77. The normalized spacial score (nSPS) is 13.9. The van der Waals surface area contributed by atoms with E-state index in [9.17, 15) is 0 Å². The van der Waals surface area contributed by atoms with Crippen LogP contribution >= 0.6 is 0 Å². The van der Waals surface area contributed by atoms with E-state index < -0.39 is 0 Å². The molecule has 0 spiro atoms. The molecule has 1 unspecified atom stereocenters. The Morgan fingerprint density at radius 2 is 1.67 bits per heavy atom. The summed E-state index contributed by atoms with van der Waals surface area (Å²) in [5, 5.41) is 0. The largest absolute Gasteiger partial charge is 0.0649 e. The molecule has 0 fully saturated rings. The molecule has 0 nitrogen and oxygen atoms in total. The lowest BCUT2D eigenvalue weighted by Crippen LogP contribution is -2.14. The topological polar surface area (TPSA) is 0 Å². The van der Waals surface area contributed by atoms with Crippen LogP contribution in [-0.4, -0.2) is 0 Å². The van der Waals surface area contributed by atoms with Crippen LogP contribution in [-0.2, 0) is 0 Å². The van der Waals surface area contributed by atoms with Crippen LogP contribution in [0.15, 0.2) is 30.3 Å². The Hall–Kier alpha value is -0.780. The predicted octanol–water partition coefficient (Wildman–Crippen LogP) is 5.01. The molecular formula is C15H24. The van der Waals surface area contributed by atoms with Crippen molar-refractivity contribution in [1.29, 1.82) is 0 Å². The molecule has 0 bridgehead atoms. The minimum Gasteiger partial charge on any atom is -0.0649 e. The Morgan fingerprint density at radius 3 is 2.13 bits per heavy atom. The van der Waals surface area contributed by atoms with Crippen LogP contribution in [0.5, 0.6) is 0 Å². The monoisotopic (exact) mass is 204 g/mol. The molecule has 15 heavy (non-hydrogen) atoms. The fourth-order valence-electron chi connectivity index (χ4n) is 2.03. The van der Waals surface area contributed by atoms with Gasteiger partial charge in [0.05, 0.1) is 0 Å². The second-order valence-corrected chi connectivity index (χ2v) is 5.24. The van der Waals surface area contributed by atoms with Crippen molar-refractivity contribution in [2.45, 2.75) is 52.9 Å². The van der Waals surface area contributed by atoms with E-state index >= 15 is 0 Å². The van der Waals surface area contributed by atoms with Crippen molar-refractivity contribution in [2.75, 3.05) is 0 Å². The van der Waals surface area contributed by atoms with E-state index in [4.69, 9.17) is 0 Å². The first-order valence-electron chi connectivity index (χ1n) is 6.14. The predicted molar refractivity (Wildman–Crippen MR) is 68.2 cm³/mol. The maximum atomic E-state index is 2.37. The highest BCUT2D eigenvalue weighted by atomic mass is 14.3. The Morgan fingerprint density at radius 1 is 1.07 bits per heavy atom. The summed E-state index contributed by atoms with van der Waals surface area (Å²) >= 11 is 0. The van der Waals surface area contributed by atoms with Gasteiger partial charge in [0.2, 0.25) is 0 Å². The van der Waals surface area contributed by atoms with Crippen molar-refractivity contribution in [3.63, 3.8) is 0 Å². The molecule has 0 saturated heterocycles. The fourth-order valence-corrected chi connectivity index (χ4v) is 2.03. The van der Waals surface area contributed by atoms with Gasteiger partial charge in [-0.1, -0.05) is 64.4 Å². The Bertz CT molecular complexity index is 271. The third-order valence-corrected chi connectivity index (χ3v) is 3.52. The fraction of sp³-hybridized carbons (Fsp3) is 0.600. The molecule has 1 aromatic rings. The number of hydrogen-bond donors (Lipinski definition) is 0. The Balaban J connectivity index is 2.73. The molecule has 0 aliphatic carbocycles. The Labute approximate surface area is 94.7 Å². The van der Waals surface area contributed by atoms with E-state index in [0.29, 0.717) is 5.41 Å². The molecule has 0 amide bonds. The lowest BCUT2D eigenvalue weighted by molar-refractivity contribution is 0.289. The van der Waals surface area contributed by atoms with Crippen molar-refractivity contribution in [1.82, 2.24) is 0 Å². The third-order valence-electron chi connectivity index (χ3n) is 3.52. The molecular weight excluding hydrogens is 180 g/mol. The third kappa shape index (κ3) is 3.70. The number of rotatable bonds is 5. The molecule has 0 aromatic heterocycles. The summed E-state index contributed by atoms with van der Waals surface area (Å²) in [6, 6.07) is 10.9. The van der Waals surface area contributed by atoms with Crippen LogP contribution in [0, 0.1) is 5.41 Å². The Kier molecular flexibility index (Phi) is 4.38. The van der Waals surface area contributed by atoms with E-state index in [-0.39, 0.29) is 0 Å². The van der Waals surface area contributed by atoms with Crippen molar-refractivity contribution in [3.05, 3.63) is 35.9 Å². The van der Waals surface area contributed by atoms with Crippen molar-refractivity contribution < 1.29 is 0 Å². The summed E-state index contributed by atoms with van der Waals surface area (Å²) in [6.45, 7) is 9.33. The first-order valence-corrected chi connectivity index (χ1v) is 6.14. The summed E-state index contributed by atoms with van der Waals surface area (Å²) in [5.74, 6) is 0.723. The molecule has 0 radical (unpaired) electrons. The smallest absolute Gasteiger partial charge is 0.0160 e. The van der Waals surface area contributed by atoms with Gasteiger partial charge in [-0.3, -0.25) is 0 Å². The van der Waals surface area contributed by atoms with Gasteiger partial charge in [0.1, 0.15) is 0 Å². The van der Waals surface area contributed by atoms with Crippen LogP contribution in [0.4, 0.5) is 0 Å². The highest BCUT2D eigenvalue weighted by Crippen LogP contribution is 2.35. The molecule has 1 atom stereocenters. The molecule has 0 heterocycles. The van der Waals surface area contributed by atoms with Gasteiger partial charge in [-0.05, 0) is 29.7 Å². The van der Waals surface area contributed by atoms with Gasteiger partial charge in [-0.15, -0.1) is 0 Å². The van der Waals surface area contributed by atoms with Gasteiger partial charge in [0, 0.05) is 0 Å². The van der Waals surface area contributed by atoms with E-state index in [1.165, 1.54) is 24.8 Å². The summed E-state index contributed by atoms with van der Waals surface area (Å²) < 4.78 is 0. The average molecular weight is 204 g/mol. The van der Waals surface area contributed by atoms with Gasteiger partial charge in [-0.25, -0.2) is 0 Å². The van der Waals surface area contributed by atoms with E-state index in [1.54, 1.807) is 0 Å². The molecule has 0 saturated carbocycles. The molecule has 0 N–H and O–H groups in total. The minimum atomic E-state index is 0.469. The average Bonchev–Trinajstić information content (AvgIpc) is 2.27.